The Balaban J connectivity index is 1.50. The fraction of sp³-hybridized carbons (Fsp3) is 0.316. The molecular weight excluding hydrogens is 350 g/mol. The minimum absolute atomic E-state index is 0.0518. The molecule has 0 saturated carbocycles. The Morgan fingerprint density at radius 2 is 1.92 bits per heavy atom. The molecule has 2 N–H and O–H groups in total. The molecule has 1 fully saturated rings. The molecule has 1 aliphatic heterocycles. The van der Waals surface area contributed by atoms with Gasteiger partial charge in [-0.25, -0.2) is 0 Å². The van der Waals surface area contributed by atoms with Crippen LogP contribution in [0.4, 0.5) is 5.69 Å². The molecule has 2 aromatic rings. The van der Waals surface area contributed by atoms with Crippen molar-refractivity contribution in [1.82, 2.24) is 10.2 Å². The van der Waals surface area contributed by atoms with Crippen molar-refractivity contribution < 1.29 is 14.4 Å². The van der Waals surface area contributed by atoms with Crippen LogP contribution >= 0.6 is 11.3 Å². The zero-order valence-corrected chi connectivity index (χ0v) is 15.1. The molecule has 1 atom stereocenters. The van der Waals surface area contributed by atoms with Gasteiger partial charge in [0.25, 0.3) is 5.91 Å². The number of nitrogens with zero attached hydrogens (tertiary/aromatic N) is 1. The number of hydrogen-bond donors (Lipinski definition) is 2. The van der Waals surface area contributed by atoms with Crippen molar-refractivity contribution in [3.8, 4) is 0 Å². The molecule has 0 radical (unpaired) electrons. The summed E-state index contributed by atoms with van der Waals surface area (Å²) in [5, 5.41) is 7.36. The van der Waals surface area contributed by atoms with Crippen molar-refractivity contribution in [2.45, 2.75) is 12.8 Å². The maximum Gasteiger partial charge on any atom is 0.261 e. The standard InChI is InChI=1S/C19H21N3O3S/c23-17(12-20-19(25)16-9-5-11-26-16)22-10-4-6-14(13-22)18(24)21-15-7-2-1-3-8-15/h1-3,5,7-9,11,14H,4,6,10,12-13H2,(H,20,25)(H,21,24). The number of benzene rings is 1. The van der Waals surface area contributed by atoms with Crippen LogP contribution < -0.4 is 10.6 Å². The molecule has 26 heavy (non-hydrogen) atoms. The highest BCUT2D eigenvalue weighted by Crippen LogP contribution is 2.19. The normalized spacial score (nSPS) is 16.8. The van der Waals surface area contributed by atoms with Gasteiger partial charge in [-0.1, -0.05) is 24.3 Å². The van der Waals surface area contributed by atoms with E-state index in [0.29, 0.717) is 18.0 Å². The average Bonchev–Trinajstić information content (AvgIpc) is 3.21. The summed E-state index contributed by atoms with van der Waals surface area (Å²) in [6, 6.07) is 12.8. The summed E-state index contributed by atoms with van der Waals surface area (Å²) in [5.41, 5.74) is 0.754. The number of anilines is 1. The van der Waals surface area contributed by atoms with E-state index in [4.69, 9.17) is 0 Å². The van der Waals surface area contributed by atoms with Crippen LogP contribution in [0.25, 0.3) is 0 Å². The van der Waals surface area contributed by atoms with Gasteiger partial charge in [-0.2, -0.15) is 0 Å². The van der Waals surface area contributed by atoms with Gasteiger partial charge in [-0.05, 0) is 36.4 Å². The average molecular weight is 371 g/mol. The van der Waals surface area contributed by atoms with Crippen LogP contribution in [0.3, 0.4) is 0 Å². The van der Waals surface area contributed by atoms with E-state index in [-0.39, 0.29) is 30.2 Å². The molecule has 1 saturated heterocycles. The Hall–Kier alpha value is -2.67. The van der Waals surface area contributed by atoms with Crippen molar-refractivity contribution >= 4 is 34.7 Å². The molecule has 2 heterocycles. The minimum atomic E-state index is -0.247. The van der Waals surface area contributed by atoms with Gasteiger partial charge in [-0.15, -0.1) is 11.3 Å². The first-order valence-electron chi connectivity index (χ1n) is 8.59. The molecule has 0 aliphatic carbocycles. The van der Waals surface area contributed by atoms with Crippen LogP contribution in [-0.2, 0) is 9.59 Å². The number of rotatable bonds is 5. The van der Waals surface area contributed by atoms with Crippen molar-refractivity contribution in [3.63, 3.8) is 0 Å². The quantitative estimate of drug-likeness (QED) is 0.847. The van der Waals surface area contributed by atoms with Crippen LogP contribution in [0.2, 0.25) is 0 Å². The second kappa shape index (κ2) is 8.62. The second-order valence-electron chi connectivity index (χ2n) is 6.19. The number of thiophene rings is 1. The van der Waals surface area contributed by atoms with E-state index in [9.17, 15) is 14.4 Å². The fourth-order valence-electron chi connectivity index (χ4n) is 2.95. The molecule has 1 unspecified atom stereocenters. The molecule has 1 aromatic heterocycles. The van der Waals surface area contributed by atoms with E-state index in [2.05, 4.69) is 10.6 Å². The smallest absolute Gasteiger partial charge is 0.261 e. The van der Waals surface area contributed by atoms with Gasteiger partial charge in [0, 0.05) is 18.8 Å². The Bertz CT molecular complexity index is 762. The number of likely N-dealkylation sites (tertiary alicyclic amines) is 1. The number of carbonyl (C=O) groups is 3. The number of para-hydroxylation sites is 1. The van der Waals surface area contributed by atoms with E-state index in [0.717, 1.165) is 18.5 Å². The largest absolute Gasteiger partial charge is 0.342 e. The number of nitrogens with one attached hydrogen (secondary N) is 2. The predicted molar refractivity (Wildman–Crippen MR) is 101 cm³/mol. The summed E-state index contributed by atoms with van der Waals surface area (Å²) in [6.45, 7) is 0.943. The number of amides is 3. The molecular formula is C19H21N3O3S. The molecule has 0 spiro atoms. The summed E-state index contributed by atoms with van der Waals surface area (Å²) in [5.74, 6) is -0.715. The molecule has 3 amide bonds. The molecule has 0 bridgehead atoms. The van der Waals surface area contributed by atoms with Crippen molar-refractivity contribution in [1.29, 1.82) is 0 Å². The fourth-order valence-corrected chi connectivity index (χ4v) is 3.59. The molecule has 3 rings (SSSR count). The summed E-state index contributed by atoms with van der Waals surface area (Å²) in [7, 11) is 0. The SMILES string of the molecule is O=C(NCC(=O)N1CCCC(C(=O)Nc2ccccc2)C1)c1cccs1. The van der Waals surface area contributed by atoms with E-state index in [1.54, 1.807) is 17.0 Å². The summed E-state index contributed by atoms with van der Waals surface area (Å²) in [6.07, 6.45) is 1.53. The van der Waals surface area contributed by atoms with Crippen LogP contribution in [0, 0.1) is 5.92 Å². The highest BCUT2D eigenvalue weighted by Gasteiger charge is 2.28. The van der Waals surface area contributed by atoms with Gasteiger partial charge < -0.3 is 15.5 Å². The molecule has 6 nitrogen and oxygen atoms in total. The van der Waals surface area contributed by atoms with E-state index in [1.165, 1.54) is 11.3 Å². The monoisotopic (exact) mass is 371 g/mol. The maximum atomic E-state index is 12.4. The zero-order chi connectivity index (χ0) is 18.4. The Labute approximate surface area is 156 Å². The molecule has 136 valence electrons. The van der Waals surface area contributed by atoms with Gasteiger partial charge in [0.15, 0.2) is 0 Å². The summed E-state index contributed by atoms with van der Waals surface area (Å²) >= 11 is 1.33. The highest BCUT2D eigenvalue weighted by atomic mass is 32.1. The maximum absolute atomic E-state index is 12.4. The minimum Gasteiger partial charge on any atom is -0.342 e. The lowest BCUT2D eigenvalue weighted by atomic mass is 9.97. The van der Waals surface area contributed by atoms with E-state index < -0.39 is 0 Å². The summed E-state index contributed by atoms with van der Waals surface area (Å²) < 4.78 is 0. The lowest BCUT2D eigenvalue weighted by Gasteiger charge is -2.32. The van der Waals surface area contributed by atoms with Gasteiger partial charge in [0.05, 0.1) is 17.3 Å². The highest BCUT2D eigenvalue weighted by molar-refractivity contribution is 7.12. The molecule has 1 aliphatic rings. The van der Waals surface area contributed by atoms with E-state index >= 15 is 0 Å². The lowest BCUT2D eigenvalue weighted by molar-refractivity contribution is -0.133. The van der Waals surface area contributed by atoms with Crippen LogP contribution in [-0.4, -0.2) is 42.3 Å². The van der Waals surface area contributed by atoms with Crippen LogP contribution in [0.15, 0.2) is 47.8 Å². The first-order chi connectivity index (χ1) is 12.6. The lowest BCUT2D eigenvalue weighted by Crippen LogP contribution is -2.47. The Kier molecular flexibility index (Phi) is 6.01. The van der Waals surface area contributed by atoms with Gasteiger partial charge in [0.1, 0.15) is 0 Å². The van der Waals surface area contributed by atoms with Gasteiger partial charge in [0.2, 0.25) is 11.8 Å². The van der Waals surface area contributed by atoms with Crippen LogP contribution in [0.1, 0.15) is 22.5 Å². The van der Waals surface area contributed by atoms with Crippen LogP contribution in [0.5, 0.6) is 0 Å². The van der Waals surface area contributed by atoms with Crippen molar-refractivity contribution in [2.75, 3.05) is 25.0 Å². The molecule has 1 aromatic carbocycles. The Morgan fingerprint density at radius 1 is 1.12 bits per heavy atom. The van der Waals surface area contributed by atoms with Crippen molar-refractivity contribution in [3.05, 3.63) is 52.7 Å². The van der Waals surface area contributed by atoms with Crippen molar-refractivity contribution in [2.24, 2.45) is 5.92 Å². The topological polar surface area (TPSA) is 78.5 Å². The Morgan fingerprint density at radius 3 is 2.65 bits per heavy atom. The van der Waals surface area contributed by atoms with E-state index in [1.807, 2.05) is 35.7 Å². The zero-order valence-electron chi connectivity index (χ0n) is 14.3. The van der Waals surface area contributed by atoms with Gasteiger partial charge in [-0.3, -0.25) is 14.4 Å². The molecule has 7 heteroatoms. The summed E-state index contributed by atoms with van der Waals surface area (Å²) in [4.78, 5) is 39.0. The third-order valence-electron chi connectivity index (χ3n) is 4.33. The second-order valence-corrected chi connectivity index (χ2v) is 7.14. The van der Waals surface area contributed by atoms with Gasteiger partial charge >= 0.3 is 0 Å². The third-order valence-corrected chi connectivity index (χ3v) is 5.20. The number of hydrogen-bond acceptors (Lipinski definition) is 4. The first kappa shape index (κ1) is 18.1. The first-order valence-corrected chi connectivity index (χ1v) is 9.47. The number of carbonyl (C=O) groups excluding carboxylic acids is 3. The number of piperidine rings is 1. The third kappa shape index (κ3) is 4.70. The predicted octanol–water partition coefficient (Wildman–Crippen LogP) is 2.36.